The molecule has 220 valence electrons. The molecule has 2 aromatic carbocycles. The number of amides is 2. The van der Waals surface area contributed by atoms with Crippen molar-refractivity contribution in [3.8, 4) is 16.9 Å². The topological polar surface area (TPSA) is 200 Å². The van der Waals surface area contributed by atoms with Crippen LogP contribution in [0.15, 0.2) is 53.3 Å². The van der Waals surface area contributed by atoms with E-state index in [0.717, 1.165) is 0 Å². The Balaban J connectivity index is 1.66. The fourth-order valence-corrected chi connectivity index (χ4v) is 6.61. The predicted molar refractivity (Wildman–Crippen MR) is 150 cm³/mol. The SMILES string of the molecule is COCC(=O)Nc1cccc(-c2ccc(O)c3c2C[C@H]2C[C@H]4C(N(C)C)C(=O)C(C(N)=O)=C(O)[C@@]4(O)C(=O)C2=C3O)c1. The summed E-state index contributed by atoms with van der Waals surface area (Å²) in [6.07, 6.45) is 0.118. The quantitative estimate of drug-likeness (QED) is 0.271. The van der Waals surface area contributed by atoms with Gasteiger partial charge in [0.1, 0.15) is 29.4 Å². The van der Waals surface area contributed by atoms with Gasteiger partial charge in [-0.2, -0.15) is 0 Å². The van der Waals surface area contributed by atoms with Crippen molar-refractivity contribution in [1.82, 2.24) is 4.90 Å². The zero-order chi connectivity index (χ0) is 30.7. The van der Waals surface area contributed by atoms with Gasteiger partial charge in [-0.1, -0.05) is 18.2 Å². The van der Waals surface area contributed by atoms with Gasteiger partial charge in [-0.05, 0) is 67.7 Å². The number of nitrogens with zero attached hydrogens (tertiary/aromatic N) is 1. The summed E-state index contributed by atoms with van der Waals surface area (Å²) in [7, 11) is 4.49. The Bertz CT molecular complexity index is 1610. The van der Waals surface area contributed by atoms with Gasteiger partial charge in [0.2, 0.25) is 11.7 Å². The summed E-state index contributed by atoms with van der Waals surface area (Å²) < 4.78 is 4.86. The average Bonchev–Trinajstić information content (AvgIpc) is 2.90. The summed E-state index contributed by atoms with van der Waals surface area (Å²) in [4.78, 5) is 52.9. The first-order chi connectivity index (χ1) is 19.8. The molecule has 5 rings (SSSR count). The number of hydrogen-bond donors (Lipinski definition) is 6. The van der Waals surface area contributed by atoms with Crippen LogP contribution in [0.4, 0.5) is 5.69 Å². The van der Waals surface area contributed by atoms with Crippen LogP contribution in [0.3, 0.4) is 0 Å². The number of likely N-dealkylation sites (N-methyl/N-ethyl adjacent to an activating group) is 1. The first-order valence-corrected chi connectivity index (χ1v) is 13.2. The molecule has 0 aliphatic heterocycles. The maximum atomic E-state index is 14.0. The van der Waals surface area contributed by atoms with Crippen LogP contribution in [0, 0.1) is 11.8 Å². The van der Waals surface area contributed by atoms with Gasteiger partial charge in [-0.15, -0.1) is 0 Å². The van der Waals surface area contributed by atoms with Crippen LogP contribution in [0.25, 0.3) is 16.9 Å². The number of ether oxygens (including phenoxy) is 1. The second kappa shape index (κ2) is 10.4. The molecule has 12 heteroatoms. The first kappa shape index (κ1) is 29.0. The number of ketones is 2. The Kier molecular flexibility index (Phi) is 7.17. The number of Topliss-reactive ketones (excluding diaryl/α,β-unsaturated/α-hetero) is 2. The summed E-state index contributed by atoms with van der Waals surface area (Å²) in [6, 6.07) is 8.78. The van der Waals surface area contributed by atoms with Crippen LogP contribution < -0.4 is 11.1 Å². The number of aromatic hydroxyl groups is 1. The van der Waals surface area contributed by atoms with Crippen molar-refractivity contribution in [2.75, 3.05) is 33.1 Å². The van der Waals surface area contributed by atoms with Crippen molar-refractivity contribution in [2.24, 2.45) is 17.6 Å². The number of methoxy groups -OCH3 is 1. The van der Waals surface area contributed by atoms with Gasteiger partial charge in [0.05, 0.1) is 11.6 Å². The van der Waals surface area contributed by atoms with E-state index in [0.29, 0.717) is 22.4 Å². The number of hydrogen-bond acceptors (Lipinski definition) is 10. The third-order valence-corrected chi connectivity index (χ3v) is 8.34. The van der Waals surface area contributed by atoms with Crippen molar-refractivity contribution in [3.63, 3.8) is 0 Å². The molecule has 0 radical (unpaired) electrons. The Morgan fingerprint density at radius 3 is 2.50 bits per heavy atom. The molecular weight excluding hydrogens is 546 g/mol. The number of primary amides is 1. The number of anilines is 1. The first-order valence-electron chi connectivity index (χ1n) is 13.2. The Morgan fingerprint density at radius 1 is 1.14 bits per heavy atom. The molecule has 0 saturated heterocycles. The van der Waals surface area contributed by atoms with Crippen LogP contribution in [0.2, 0.25) is 0 Å². The number of nitrogens with two attached hydrogens (primary N) is 1. The number of benzene rings is 2. The normalized spacial score (nSPS) is 25.2. The Morgan fingerprint density at radius 2 is 1.86 bits per heavy atom. The van der Waals surface area contributed by atoms with E-state index in [9.17, 15) is 39.6 Å². The van der Waals surface area contributed by atoms with Crippen molar-refractivity contribution in [2.45, 2.75) is 24.5 Å². The van der Waals surface area contributed by atoms with Gasteiger partial charge in [-0.3, -0.25) is 24.1 Å². The largest absolute Gasteiger partial charge is 0.508 e. The highest BCUT2D eigenvalue weighted by atomic mass is 16.5. The lowest BCUT2D eigenvalue weighted by Gasteiger charge is -2.50. The van der Waals surface area contributed by atoms with Gasteiger partial charge < -0.3 is 36.2 Å². The third-order valence-electron chi connectivity index (χ3n) is 8.34. The van der Waals surface area contributed by atoms with E-state index < -0.39 is 58.0 Å². The molecule has 0 aromatic heterocycles. The standard InChI is InChI=1S/C30H31N3O9/c1-33(2)24-18-11-14-10-17-16(13-5-4-6-15(9-13)32-20(35)12-42-3)7-8-19(34)22(17)25(36)21(14)27(38)30(18,41)28(39)23(26(24)37)29(31)40/h4-9,14,18,24,34,36,39,41H,10-12H2,1-3H3,(H2,31,40)(H,32,35)/t14-,18-,24?,30-/m0/s1. The molecule has 0 heterocycles. The Hall–Kier alpha value is -4.52. The molecule has 7 N–H and O–H groups in total. The number of carbonyl (C=O) groups excluding carboxylic acids is 4. The molecule has 42 heavy (non-hydrogen) atoms. The summed E-state index contributed by atoms with van der Waals surface area (Å²) in [5, 5.41) is 47.7. The summed E-state index contributed by atoms with van der Waals surface area (Å²) in [5.41, 5.74) is 3.83. The Labute approximate surface area is 240 Å². The number of carbonyl (C=O) groups is 4. The molecule has 4 atom stereocenters. The van der Waals surface area contributed by atoms with Gasteiger partial charge in [0.15, 0.2) is 11.4 Å². The lowest BCUT2D eigenvalue weighted by atomic mass is 9.57. The number of phenols is 1. The second-order valence-corrected chi connectivity index (χ2v) is 11.0. The highest BCUT2D eigenvalue weighted by Crippen LogP contribution is 2.53. The van der Waals surface area contributed by atoms with E-state index in [1.807, 2.05) is 0 Å². The molecule has 2 aromatic rings. The fraction of sp³-hybridized carbons (Fsp3) is 0.333. The second-order valence-electron chi connectivity index (χ2n) is 11.0. The number of aliphatic hydroxyl groups is 3. The molecule has 12 nitrogen and oxygen atoms in total. The molecule has 0 spiro atoms. The highest BCUT2D eigenvalue weighted by Gasteiger charge is 2.64. The van der Waals surface area contributed by atoms with Gasteiger partial charge in [-0.25, -0.2) is 0 Å². The highest BCUT2D eigenvalue weighted by molar-refractivity contribution is 6.24. The van der Waals surface area contributed by atoms with Crippen LogP contribution in [-0.4, -0.2) is 88.2 Å². The number of aliphatic hydroxyl groups excluding tert-OH is 2. The number of fused-ring (bicyclic) bond motifs is 3. The van der Waals surface area contributed by atoms with Crippen LogP contribution >= 0.6 is 0 Å². The lowest BCUT2D eigenvalue weighted by molar-refractivity contribution is -0.153. The minimum absolute atomic E-state index is 0.0161. The number of phenolic OH excluding ortho intramolecular Hbond substituents is 1. The predicted octanol–water partition coefficient (Wildman–Crippen LogP) is 1.22. The van der Waals surface area contributed by atoms with Crippen molar-refractivity contribution >= 4 is 34.8 Å². The summed E-state index contributed by atoms with van der Waals surface area (Å²) in [6.45, 7) is -0.133. The monoisotopic (exact) mass is 577 g/mol. The summed E-state index contributed by atoms with van der Waals surface area (Å²) in [5.74, 6) is -7.43. The van der Waals surface area contributed by atoms with E-state index in [1.54, 1.807) is 44.4 Å². The van der Waals surface area contributed by atoms with Crippen molar-refractivity contribution in [3.05, 3.63) is 64.4 Å². The molecule has 1 fully saturated rings. The molecule has 2 amide bonds. The molecule has 3 aliphatic rings. The van der Waals surface area contributed by atoms with E-state index in [4.69, 9.17) is 10.5 Å². The van der Waals surface area contributed by atoms with Crippen molar-refractivity contribution in [1.29, 1.82) is 0 Å². The molecule has 1 saturated carbocycles. The van der Waals surface area contributed by atoms with Gasteiger partial charge >= 0.3 is 0 Å². The maximum absolute atomic E-state index is 14.0. The van der Waals surface area contributed by atoms with Crippen LogP contribution in [-0.2, 0) is 30.3 Å². The van der Waals surface area contributed by atoms with E-state index >= 15 is 0 Å². The summed E-state index contributed by atoms with van der Waals surface area (Å²) >= 11 is 0. The molecular formula is C30H31N3O9. The van der Waals surface area contributed by atoms with Crippen molar-refractivity contribution < 1.29 is 44.3 Å². The average molecular weight is 578 g/mol. The van der Waals surface area contributed by atoms with E-state index in [-0.39, 0.29) is 42.2 Å². The third kappa shape index (κ3) is 4.26. The maximum Gasteiger partial charge on any atom is 0.255 e. The van der Waals surface area contributed by atoms with E-state index in [2.05, 4.69) is 5.32 Å². The smallest absolute Gasteiger partial charge is 0.255 e. The van der Waals surface area contributed by atoms with Crippen LogP contribution in [0.5, 0.6) is 5.75 Å². The molecule has 3 aliphatic carbocycles. The lowest BCUT2D eigenvalue weighted by Crippen LogP contribution is -2.65. The van der Waals surface area contributed by atoms with Crippen LogP contribution in [0.1, 0.15) is 17.5 Å². The number of rotatable bonds is 6. The zero-order valence-electron chi connectivity index (χ0n) is 23.2. The molecule has 1 unspecified atom stereocenters. The zero-order valence-corrected chi connectivity index (χ0v) is 23.2. The fourth-order valence-electron chi connectivity index (χ4n) is 6.61. The van der Waals surface area contributed by atoms with Gasteiger partial charge in [0.25, 0.3) is 5.91 Å². The minimum atomic E-state index is -2.70. The minimum Gasteiger partial charge on any atom is -0.508 e. The number of nitrogens with one attached hydrogen (secondary N) is 1. The van der Waals surface area contributed by atoms with E-state index in [1.165, 1.54) is 18.1 Å². The molecule has 0 bridgehead atoms. The van der Waals surface area contributed by atoms with Gasteiger partial charge in [0, 0.05) is 24.3 Å².